The molecule has 16 heteroatoms. The number of rotatable bonds is 8. The van der Waals surface area contributed by atoms with Crippen LogP contribution in [-0.2, 0) is 19.1 Å². The Morgan fingerprint density at radius 3 is 1.38 bits per heavy atom. The number of amides is 4. The SMILES string of the molecule is COC(=O)N[C@H](C(=O)N1C[C@@H](C)C[C@H]1c1nc(I)c(C#Cc2ccc(C#Cc3[nH]c([C@@H]4C[C@H](C)CN4C(=O)[C@@H](NC(=O)OC)C(C)C)nc3I)cc2)[nH]1)C(C)C. The number of alkyl carbamates (subject to hydrolysis) is 2. The number of aromatic nitrogens is 4. The smallest absolute Gasteiger partial charge is 0.407 e. The number of imidazole rings is 2. The number of carbonyl (C=O) groups excluding carboxylic acids is 4. The highest BCUT2D eigenvalue weighted by Crippen LogP contribution is 2.37. The molecule has 0 unspecified atom stereocenters. The first kappa shape index (κ1) is 42.8. The summed E-state index contributed by atoms with van der Waals surface area (Å²) in [4.78, 5) is 71.1. The fraction of sp³-hybridized carbons (Fsp3) is 0.500. The first-order chi connectivity index (χ1) is 26.6. The molecule has 3 aromatic rings. The molecule has 2 aromatic heterocycles. The maximum atomic E-state index is 13.7. The molecular formula is C40H48I2N8O6. The molecule has 0 bridgehead atoms. The van der Waals surface area contributed by atoms with E-state index in [2.05, 4.69) is 103 Å². The van der Waals surface area contributed by atoms with Crippen LogP contribution in [0.5, 0.6) is 0 Å². The zero-order valence-electron chi connectivity index (χ0n) is 32.8. The highest BCUT2D eigenvalue weighted by atomic mass is 127. The Morgan fingerprint density at radius 2 is 1.05 bits per heavy atom. The van der Waals surface area contributed by atoms with Crippen LogP contribution in [-0.4, -0.2) is 93.1 Å². The second-order valence-corrected chi connectivity index (χ2v) is 17.1. The summed E-state index contributed by atoms with van der Waals surface area (Å²) in [5.41, 5.74) is 2.90. The van der Waals surface area contributed by atoms with Crippen molar-refractivity contribution in [2.75, 3.05) is 27.3 Å². The lowest BCUT2D eigenvalue weighted by molar-refractivity contribution is -0.136. The normalized spacial score (nSPS) is 20.1. The molecule has 0 spiro atoms. The molecule has 2 fully saturated rings. The number of methoxy groups -OCH3 is 2. The van der Waals surface area contributed by atoms with Crippen molar-refractivity contribution in [2.24, 2.45) is 23.7 Å². The first-order valence-electron chi connectivity index (χ1n) is 18.5. The molecule has 298 valence electrons. The highest BCUT2D eigenvalue weighted by molar-refractivity contribution is 14.1. The number of H-pyrrole nitrogens is 2. The van der Waals surface area contributed by atoms with Gasteiger partial charge in [-0.25, -0.2) is 19.6 Å². The molecule has 2 saturated heterocycles. The standard InChI is InChI=1S/C40H48I2N8O6/c1-21(2)31(45-39(53)55-7)37(51)49-19-23(5)17-29(49)35-43-27(33(41)47-35)15-13-25-9-11-26(12-10-25)14-16-28-34(42)48-36(44-28)30-18-24(6)20-50(30)38(52)32(22(3)4)46-40(54)56-8/h9-12,21-24,29-32H,17-20H2,1-8H3,(H,43,47)(H,44,48)(H,45,53)(H,46,54)/t23-,24-,29-,30-,31-,32-/m0/s1. The summed E-state index contributed by atoms with van der Waals surface area (Å²) in [6.07, 6.45) is 0.190. The molecule has 14 nitrogen and oxygen atoms in total. The van der Waals surface area contributed by atoms with E-state index in [4.69, 9.17) is 19.4 Å². The maximum absolute atomic E-state index is 13.7. The Morgan fingerprint density at radius 1 is 0.696 bits per heavy atom. The van der Waals surface area contributed by atoms with Gasteiger partial charge >= 0.3 is 12.2 Å². The molecule has 6 atom stereocenters. The summed E-state index contributed by atoms with van der Waals surface area (Å²) in [7, 11) is 2.56. The first-order valence-corrected chi connectivity index (χ1v) is 20.7. The number of carbonyl (C=O) groups is 4. The average molecular weight is 991 g/mol. The number of ether oxygens (including phenoxy) is 2. The van der Waals surface area contributed by atoms with Crippen LogP contribution in [0.3, 0.4) is 0 Å². The number of likely N-dealkylation sites (tertiary alicyclic amines) is 2. The molecule has 0 radical (unpaired) electrons. The molecule has 4 amide bonds. The average Bonchev–Trinajstić information content (AvgIpc) is 3.95. The van der Waals surface area contributed by atoms with Gasteiger partial charge in [-0.05, 0) is 118 Å². The quantitative estimate of drug-likeness (QED) is 0.164. The van der Waals surface area contributed by atoms with Crippen molar-refractivity contribution in [1.29, 1.82) is 0 Å². The van der Waals surface area contributed by atoms with Crippen molar-refractivity contribution in [1.82, 2.24) is 40.4 Å². The second-order valence-electron chi connectivity index (χ2n) is 15.1. The summed E-state index contributed by atoms with van der Waals surface area (Å²) in [6.45, 7) is 12.9. The van der Waals surface area contributed by atoms with E-state index in [-0.39, 0.29) is 47.6 Å². The minimum absolute atomic E-state index is 0.130. The highest BCUT2D eigenvalue weighted by Gasteiger charge is 2.42. The number of aromatic amines is 2. The van der Waals surface area contributed by atoms with Crippen molar-refractivity contribution in [3.63, 3.8) is 0 Å². The summed E-state index contributed by atoms with van der Waals surface area (Å²) in [5, 5.41) is 5.38. The van der Waals surface area contributed by atoms with Crippen LogP contribution >= 0.6 is 45.2 Å². The second kappa shape index (κ2) is 18.8. The van der Waals surface area contributed by atoms with Crippen LogP contribution in [0.4, 0.5) is 9.59 Å². The van der Waals surface area contributed by atoms with Crippen molar-refractivity contribution in [3.8, 4) is 23.7 Å². The van der Waals surface area contributed by atoms with Crippen LogP contribution in [0.2, 0.25) is 0 Å². The number of nitrogens with zero attached hydrogens (tertiary/aromatic N) is 4. The Bertz CT molecular complexity index is 1910. The Kier molecular flexibility index (Phi) is 14.4. The van der Waals surface area contributed by atoms with E-state index in [0.717, 1.165) is 24.0 Å². The van der Waals surface area contributed by atoms with Crippen LogP contribution in [0, 0.1) is 54.8 Å². The van der Waals surface area contributed by atoms with E-state index in [9.17, 15) is 19.2 Å². The minimum Gasteiger partial charge on any atom is -0.453 e. The summed E-state index contributed by atoms with van der Waals surface area (Å²) in [5.74, 6) is 14.0. The number of halogens is 2. The number of hydrogen-bond acceptors (Lipinski definition) is 8. The molecule has 5 rings (SSSR count). The lowest BCUT2D eigenvalue weighted by Gasteiger charge is -2.30. The third-order valence-corrected chi connectivity index (χ3v) is 11.5. The molecule has 2 aliphatic heterocycles. The van der Waals surface area contributed by atoms with Crippen LogP contribution in [0.25, 0.3) is 0 Å². The van der Waals surface area contributed by atoms with Crippen molar-refractivity contribution in [3.05, 3.63) is 65.8 Å². The molecule has 2 aliphatic rings. The Labute approximate surface area is 355 Å². The molecule has 1 aromatic carbocycles. The molecule has 0 aliphatic carbocycles. The topological polar surface area (TPSA) is 175 Å². The van der Waals surface area contributed by atoms with Gasteiger partial charge in [-0.2, -0.15) is 0 Å². The molecule has 4 N–H and O–H groups in total. The van der Waals surface area contributed by atoms with Gasteiger partial charge in [0.2, 0.25) is 11.8 Å². The summed E-state index contributed by atoms with van der Waals surface area (Å²) >= 11 is 4.30. The van der Waals surface area contributed by atoms with Crippen LogP contribution in [0.15, 0.2) is 24.3 Å². The van der Waals surface area contributed by atoms with Gasteiger partial charge < -0.3 is 39.9 Å². The minimum atomic E-state index is -0.720. The molecular weight excluding hydrogens is 942 g/mol. The fourth-order valence-electron chi connectivity index (χ4n) is 6.98. The van der Waals surface area contributed by atoms with E-state index >= 15 is 0 Å². The van der Waals surface area contributed by atoms with Gasteiger partial charge in [-0.3, -0.25) is 9.59 Å². The summed E-state index contributed by atoms with van der Waals surface area (Å²) in [6, 6.07) is 5.63. The van der Waals surface area contributed by atoms with Gasteiger partial charge in [0, 0.05) is 24.2 Å². The van der Waals surface area contributed by atoms with E-state index in [1.54, 1.807) is 9.80 Å². The van der Waals surface area contributed by atoms with Gasteiger partial charge in [0.25, 0.3) is 0 Å². The predicted octanol–water partition coefficient (Wildman–Crippen LogP) is 5.72. The Hall–Kier alpha value is -4.30. The van der Waals surface area contributed by atoms with E-state index in [0.29, 0.717) is 43.5 Å². The molecule has 4 heterocycles. The van der Waals surface area contributed by atoms with E-state index in [1.165, 1.54) is 14.2 Å². The van der Waals surface area contributed by atoms with Gasteiger partial charge in [0.05, 0.1) is 26.3 Å². The van der Waals surface area contributed by atoms with Crippen LogP contribution in [0.1, 0.15) is 101 Å². The Balaban J connectivity index is 1.27. The van der Waals surface area contributed by atoms with Crippen molar-refractivity contribution >= 4 is 69.2 Å². The van der Waals surface area contributed by atoms with Gasteiger partial charge in [-0.15, -0.1) is 0 Å². The molecule has 0 saturated carbocycles. The largest absolute Gasteiger partial charge is 0.453 e. The fourth-order valence-corrected chi connectivity index (χ4v) is 8.04. The molecule has 56 heavy (non-hydrogen) atoms. The monoisotopic (exact) mass is 990 g/mol. The van der Waals surface area contributed by atoms with Gasteiger partial charge in [0.1, 0.15) is 42.5 Å². The summed E-state index contributed by atoms with van der Waals surface area (Å²) < 4.78 is 10.9. The van der Waals surface area contributed by atoms with E-state index in [1.807, 2.05) is 52.0 Å². The van der Waals surface area contributed by atoms with E-state index < -0.39 is 24.3 Å². The lowest BCUT2D eigenvalue weighted by atomic mass is 10.0. The number of nitrogens with one attached hydrogen (secondary N) is 4. The maximum Gasteiger partial charge on any atom is 0.407 e. The van der Waals surface area contributed by atoms with Gasteiger partial charge in [-0.1, -0.05) is 53.4 Å². The zero-order valence-corrected chi connectivity index (χ0v) is 37.1. The number of benzene rings is 1. The third kappa shape index (κ3) is 10.2. The van der Waals surface area contributed by atoms with Crippen molar-refractivity contribution in [2.45, 2.75) is 78.6 Å². The number of hydrogen-bond donors (Lipinski definition) is 4. The lowest BCUT2D eigenvalue weighted by Crippen LogP contribution is -2.51. The van der Waals surface area contributed by atoms with Crippen molar-refractivity contribution < 1.29 is 28.7 Å². The zero-order chi connectivity index (χ0) is 40.8. The third-order valence-electron chi connectivity index (χ3n) is 9.91. The van der Waals surface area contributed by atoms with Gasteiger partial charge in [0.15, 0.2) is 0 Å². The predicted molar refractivity (Wildman–Crippen MR) is 226 cm³/mol. The van der Waals surface area contributed by atoms with Crippen LogP contribution < -0.4 is 10.6 Å².